The van der Waals surface area contributed by atoms with E-state index in [4.69, 9.17) is 4.74 Å². The summed E-state index contributed by atoms with van der Waals surface area (Å²) < 4.78 is 5.23. The van der Waals surface area contributed by atoms with Gasteiger partial charge in [-0.1, -0.05) is 36.4 Å². The molecule has 100 valence electrons. The highest BCUT2D eigenvalue weighted by Gasteiger charge is 2.09. The monoisotopic (exact) mass is 256 g/mol. The van der Waals surface area contributed by atoms with Gasteiger partial charge in [0.05, 0.1) is 13.2 Å². The molecule has 1 N–H and O–H groups in total. The molecular formula is C17H20O2. The van der Waals surface area contributed by atoms with Crippen molar-refractivity contribution in [1.82, 2.24) is 0 Å². The fourth-order valence-electron chi connectivity index (χ4n) is 2.22. The molecule has 2 rings (SSSR count). The predicted octanol–water partition coefficient (Wildman–Crippen LogP) is 3.67. The third-order valence-electron chi connectivity index (χ3n) is 3.35. The molecule has 0 saturated heterocycles. The molecule has 2 heteroatoms. The lowest BCUT2D eigenvalue weighted by Gasteiger charge is -2.13. The molecular weight excluding hydrogens is 236 g/mol. The molecule has 1 unspecified atom stereocenters. The second kappa shape index (κ2) is 6.39. The Morgan fingerprint density at radius 2 is 1.84 bits per heavy atom. The van der Waals surface area contributed by atoms with E-state index in [-0.39, 0.29) is 0 Å². The molecule has 0 aliphatic rings. The summed E-state index contributed by atoms with van der Waals surface area (Å²) >= 11 is 0. The minimum Gasteiger partial charge on any atom is -0.496 e. The number of hydrogen-bond donors (Lipinski definition) is 1. The van der Waals surface area contributed by atoms with Crippen LogP contribution in [0.2, 0.25) is 0 Å². The number of benzene rings is 2. The maximum Gasteiger partial charge on any atom is 0.121 e. The molecule has 0 bridgehead atoms. The van der Waals surface area contributed by atoms with E-state index in [1.165, 1.54) is 5.56 Å². The average Bonchev–Trinajstić information content (AvgIpc) is 2.45. The van der Waals surface area contributed by atoms with Gasteiger partial charge in [0, 0.05) is 0 Å². The maximum atomic E-state index is 10.2. The normalized spacial score (nSPS) is 12.2. The van der Waals surface area contributed by atoms with E-state index >= 15 is 0 Å². The van der Waals surface area contributed by atoms with Crippen LogP contribution in [0.3, 0.4) is 0 Å². The van der Waals surface area contributed by atoms with Crippen molar-refractivity contribution in [3.63, 3.8) is 0 Å². The van der Waals surface area contributed by atoms with Crippen molar-refractivity contribution in [2.45, 2.75) is 25.9 Å². The molecule has 2 aromatic carbocycles. The number of aliphatic hydroxyl groups excluding tert-OH is 1. The SMILES string of the molecule is COc1ccc(C(O)CCc2ccccc2)cc1C. The summed E-state index contributed by atoms with van der Waals surface area (Å²) in [6, 6.07) is 16.1. The summed E-state index contributed by atoms with van der Waals surface area (Å²) in [6.07, 6.45) is 1.19. The minimum absolute atomic E-state index is 0.426. The Morgan fingerprint density at radius 1 is 1.11 bits per heavy atom. The molecule has 19 heavy (non-hydrogen) atoms. The lowest BCUT2D eigenvalue weighted by molar-refractivity contribution is 0.167. The van der Waals surface area contributed by atoms with Gasteiger partial charge < -0.3 is 9.84 Å². The van der Waals surface area contributed by atoms with Gasteiger partial charge in [0.15, 0.2) is 0 Å². The Morgan fingerprint density at radius 3 is 2.47 bits per heavy atom. The molecule has 0 radical (unpaired) electrons. The van der Waals surface area contributed by atoms with E-state index < -0.39 is 6.10 Å². The van der Waals surface area contributed by atoms with Crippen LogP contribution in [0.25, 0.3) is 0 Å². The van der Waals surface area contributed by atoms with Gasteiger partial charge in [0.2, 0.25) is 0 Å². The number of aliphatic hydroxyl groups is 1. The molecule has 0 amide bonds. The first kappa shape index (κ1) is 13.6. The molecule has 0 spiro atoms. The zero-order valence-electron chi connectivity index (χ0n) is 11.5. The van der Waals surface area contributed by atoms with Gasteiger partial charge >= 0.3 is 0 Å². The lowest BCUT2D eigenvalue weighted by atomic mass is 10.00. The van der Waals surface area contributed by atoms with Crippen LogP contribution in [-0.4, -0.2) is 12.2 Å². The smallest absolute Gasteiger partial charge is 0.121 e. The summed E-state index contributed by atoms with van der Waals surface area (Å²) in [5, 5.41) is 10.2. The first-order valence-corrected chi connectivity index (χ1v) is 6.57. The molecule has 0 aliphatic carbocycles. The first-order chi connectivity index (χ1) is 9.20. The van der Waals surface area contributed by atoms with E-state index in [1.54, 1.807) is 7.11 Å². The minimum atomic E-state index is -0.426. The van der Waals surface area contributed by atoms with Gasteiger partial charge in [-0.05, 0) is 48.6 Å². The molecule has 2 aromatic rings. The van der Waals surface area contributed by atoms with Crippen molar-refractivity contribution in [2.24, 2.45) is 0 Å². The molecule has 0 aliphatic heterocycles. The summed E-state index contributed by atoms with van der Waals surface area (Å²) in [4.78, 5) is 0. The van der Waals surface area contributed by atoms with Crippen LogP contribution in [0.1, 0.15) is 29.2 Å². The summed E-state index contributed by atoms with van der Waals surface area (Å²) in [5.41, 5.74) is 3.26. The number of hydrogen-bond acceptors (Lipinski definition) is 2. The van der Waals surface area contributed by atoms with Crippen LogP contribution < -0.4 is 4.74 Å². The quantitative estimate of drug-likeness (QED) is 0.884. The van der Waals surface area contributed by atoms with Gasteiger partial charge in [-0.15, -0.1) is 0 Å². The Kier molecular flexibility index (Phi) is 4.58. The van der Waals surface area contributed by atoms with E-state index in [1.807, 2.05) is 43.3 Å². The number of ether oxygens (including phenoxy) is 1. The number of methoxy groups -OCH3 is 1. The second-order valence-corrected chi connectivity index (χ2v) is 4.77. The van der Waals surface area contributed by atoms with Gasteiger partial charge in [0.25, 0.3) is 0 Å². The molecule has 0 heterocycles. The first-order valence-electron chi connectivity index (χ1n) is 6.57. The topological polar surface area (TPSA) is 29.5 Å². The standard InChI is InChI=1S/C17H20O2/c1-13-12-15(9-11-17(13)19-2)16(18)10-8-14-6-4-3-5-7-14/h3-7,9,11-12,16,18H,8,10H2,1-2H3. The zero-order chi connectivity index (χ0) is 13.7. The van der Waals surface area contributed by atoms with Gasteiger partial charge in [-0.2, -0.15) is 0 Å². The highest BCUT2D eigenvalue weighted by Crippen LogP contribution is 2.25. The zero-order valence-corrected chi connectivity index (χ0v) is 11.5. The van der Waals surface area contributed by atoms with Gasteiger partial charge in [-0.25, -0.2) is 0 Å². The summed E-state index contributed by atoms with van der Waals surface area (Å²) in [7, 11) is 1.66. The van der Waals surface area contributed by atoms with Crippen molar-refractivity contribution >= 4 is 0 Å². The van der Waals surface area contributed by atoms with Crippen molar-refractivity contribution in [3.8, 4) is 5.75 Å². The van der Waals surface area contributed by atoms with E-state index in [9.17, 15) is 5.11 Å². The van der Waals surface area contributed by atoms with Crippen LogP contribution in [0.5, 0.6) is 5.75 Å². The molecule has 0 saturated carbocycles. The Hall–Kier alpha value is -1.80. The highest BCUT2D eigenvalue weighted by molar-refractivity contribution is 5.37. The molecule has 0 aromatic heterocycles. The van der Waals surface area contributed by atoms with Crippen LogP contribution >= 0.6 is 0 Å². The average molecular weight is 256 g/mol. The van der Waals surface area contributed by atoms with Crippen molar-refractivity contribution in [3.05, 3.63) is 65.2 Å². The summed E-state index contributed by atoms with van der Waals surface area (Å²) in [5.74, 6) is 0.860. The maximum absolute atomic E-state index is 10.2. The Bertz CT molecular complexity index is 520. The number of aryl methyl sites for hydroxylation is 2. The molecule has 0 fully saturated rings. The highest BCUT2D eigenvalue weighted by atomic mass is 16.5. The third-order valence-corrected chi connectivity index (χ3v) is 3.35. The Labute approximate surface area is 114 Å². The van der Waals surface area contributed by atoms with Crippen LogP contribution in [-0.2, 0) is 6.42 Å². The molecule has 1 atom stereocenters. The van der Waals surface area contributed by atoms with Crippen LogP contribution in [0, 0.1) is 6.92 Å². The fourth-order valence-corrected chi connectivity index (χ4v) is 2.22. The largest absolute Gasteiger partial charge is 0.496 e. The molecule has 2 nitrogen and oxygen atoms in total. The van der Waals surface area contributed by atoms with Crippen molar-refractivity contribution in [2.75, 3.05) is 7.11 Å². The van der Waals surface area contributed by atoms with Gasteiger partial charge in [0.1, 0.15) is 5.75 Å². The Balaban J connectivity index is 2.00. The second-order valence-electron chi connectivity index (χ2n) is 4.77. The number of rotatable bonds is 5. The van der Waals surface area contributed by atoms with Crippen LogP contribution in [0.15, 0.2) is 48.5 Å². The van der Waals surface area contributed by atoms with Gasteiger partial charge in [-0.3, -0.25) is 0 Å². The third kappa shape index (κ3) is 3.58. The van der Waals surface area contributed by atoms with E-state index in [2.05, 4.69) is 12.1 Å². The van der Waals surface area contributed by atoms with E-state index in [0.717, 1.165) is 29.7 Å². The van der Waals surface area contributed by atoms with E-state index in [0.29, 0.717) is 0 Å². The lowest BCUT2D eigenvalue weighted by Crippen LogP contribution is -2.00. The van der Waals surface area contributed by atoms with Crippen molar-refractivity contribution in [1.29, 1.82) is 0 Å². The van der Waals surface area contributed by atoms with Crippen LogP contribution in [0.4, 0.5) is 0 Å². The fraction of sp³-hybridized carbons (Fsp3) is 0.294. The summed E-state index contributed by atoms with van der Waals surface area (Å²) in [6.45, 7) is 1.99. The van der Waals surface area contributed by atoms with Crippen molar-refractivity contribution < 1.29 is 9.84 Å². The predicted molar refractivity (Wildman–Crippen MR) is 77.5 cm³/mol.